The van der Waals surface area contributed by atoms with Gasteiger partial charge in [-0.05, 0) is 60.9 Å². The van der Waals surface area contributed by atoms with Gasteiger partial charge < -0.3 is 9.88 Å². The van der Waals surface area contributed by atoms with Gasteiger partial charge in [-0.1, -0.05) is 36.4 Å². The number of benzene rings is 2. The number of nitrogens with one attached hydrogen (secondary N) is 1. The Morgan fingerprint density at radius 3 is 2.66 bits per heavy atom. The second kappa shape index (κ2) is 9.08. The van der Waals surface area contributed by atoms with E-state index in [4.69, 9.17) is 5.26 Å². The van der Waals surface area contributed by atoms with E-state index in [1.807, 2.05) is 29.2 Å². The van der Waals surface area contributed by atoms with E-state index in [1.165, 1.54) is 23.7 Å². The summed E-state index contributed by atoms with van der Waals surface area (Å²) in [6, 6.07) is 20.5. The number of carbonyl (C=O) groups is 1. The number of likely N-dealkylation sites (tertiary alicyclic amines) is 1. The lowest BCUT2D eigenvalue weighted by molar-refractivity contribution is 0.0465. The number of carbonyl (C=O) groups excluding carboxylic acids is 1. The van der Waals surface area contributed by atoms with E-state index in [9.17, 15) is 10.1 Å². The van der Waals surface area contributed by atoms with Gasteiger partial charge in [-0.2, -0.15) is 10.5 Å². The van der Waals surface area contributed by atoms with E-state index in [2.05, 4.69) is 41.2 Å². The molecule has 0 bridgehead atoms. The Morgan fingerprint density at radius 1 is 1.22 bits per heavy atom. The molecule has 0 saturated carbocycles. The molecule has 160 valence electrons. The summed E-state index contributed by atoms with van der Waals surface area (Å²) >= 11 is 0. The number of amides is 1. The average Bonchev–Trinajstić information content (AvgIpc) is 3.37. The lowest BCUT2D eigenvalue weighted by Gasteiger charge is -2.44. The minimum Gasteiger partial charge on any atom is -0.341 e. The van der Waals surface area contributed by atoms with Gasteiger partial charge in [0.25, 0.3) is 5.91 Å². The Balaban J connectivity index is 1.65. The van der Waals surface area contributed by atoms with Crippen LogP contribution in [0.3, 0.4) is 0 Å². The highest BCUT2D eigenvalue weighted by Gasteiger charge is 2.45. The van der Waals surface area contributed by atoms with Gasteiger partial charge in [0.2, 0.25) is 0 Å². The average molecular weight is 424 g/mol. The highest BCUT2D eigenvalue weighted by atomic mass is 16.2. The molecule has 2 heterocycles. The maximum absolute atomic E-state index is 13.0. The van der Waals surface area contributed by atoms with Crippen LogP contribution in [0.15, 0.2) is 61.1 Å². The molecule has 1 aromatic heterocycles. The Morgan fingerprint density at radius 2 is 2.00 bits per heavy atom. The Labute approximate surface area is 188 Å². The summed E-state index contributed by atoms with van der Waals surface area (Å²) in [5.41, 5.74) is 3.91. The molecule has 0 aliphatic carbocycles. The quantitative estimate of drug-likeness (QED) is 0.670. The van der Waals surface area contributed by atoms with Crippen molar-refractivity contribution in [2.45, 2.75) is 26.2 Å². The second-order valence-electron chi connectivity index (χ2n) is 8.55. The first-order valence-corrected chi connectivity index (χ1v) is 10.8. The van der Waals surface area contributed by atoms with Crippen LogP contribution in [0.5, 0.6) is 0 Å². The van der Waals surface area contributed by atoms with Gasteiger partial charge >= 0.3 is 0 Å². The van der Waals surface area contributed by atoms with E-state index in [-0.39, 0.29) is 11.8 Å². The molecular weight excluding hydrogens is 398 g/mol. The first-order valence-electron chi connectivity index (χ1n) is 10.8. The predicted octanol–water partition coefficient (Wildman–Crippen LogP) is 4.05. The van der Waals surface area contributed by atoms with Crippen molar-refractivity contribution in [2.75, 3.05) is 13.1 Å². The molecule has 1 amide bonds. The molecule has 1 fully saturated rings. The largest absolute Gasteiger partial charge is 0.341 e. The van der Waals surface area contributed by atoms with Crippen molar-refractivity contribution in [3.05, 3.63) is 89.0 Å². The Bertz CT molecular complexity index is 1170. The number of H-pyrrole nitrogens is 1. The zero-order valence-electron chi connectivity index (χ0n) is 18.1. The lowest BCUT2D eigenvalue weighted by atomic mass is 9.65. The Hall–Kier alpha value is -3.90. The third-order valence-electron chi connectivity index (χ3n) is 6.62. The van der Waals surface area contributed by atoms with Crippen molar-refractivity contribution < 1.29 is 4.79 Å². The molecule has 32 heavy (non-hydrogen) atoms. The van der Waals surface area contributed by atoms with Crippen LogP contribution < -0.4 is 0 Å². The molecule has 3 aromatic rings. The third-order valence-corrected chi connectivity index (χ3v) is 6.62. The molecule has 0 spiro atoms. The van der Waals surface area contributed by atoms with E-state index < -0.39 is 5.41 Å². The van der Waals surface area contributed by atoms with Gasteiger partial charge in [-0.25, -0.2) is 4.98 Å². The van der Waals surface area contributed by atoms with Crippen LogP contribution in [0.25, 0.3) is 0 Å². The van der Waals surface area contributed by atoms with Crippen molar-refractivity contribution >= 4 is 5.91 Å². The minimum absolute atomic E-state index is 0.0411. The fraction of sp³-hybridized carbons (Fsp3) is 0.308. The highest BCUT2D eigenvalue weighted by molar-refractivity contribution is 5.92. The third kappa shape index (κ3) is 4.26. The number of aromatic nitrogens is 2. The topological polar surface area (TPSA) is 96.6 Å². The molecule has 6 nitrogen and oxygen atoms in total. The summed E-state index contributed by atoms with van der Waals surface area (Å²) in [5, 5.41) is 19.5. The number of piperidine rings is 1. The molecule has 1 aliphatic rings. The van der Waals surface area contributed by atoms with Crippen LogP contribution >= 0.6 is 0 Å². The van der Waals surface area contributed by atoms with Crippen LogP contribution in [0, 0.1) is 40.9 Å². The standard InChI is InChI=1S/C26H25N5O/c1-19-4-2-3-5-22(19)13-26(17-28)10-11-31(25(32)24-15-29-18-30-24)16-23(26)12-20-6-8-21(14-27)9-7-20/h2-9,15,18,23H,10-13,16H2,1H3,(H,29,30). The molecule has 4 rings (SSSR count). The van der Waals surface area contributed by atoms with E-state index in [1.54, 1.807) is 12.1 Å². The fourth-order valence-corrected chi connectivity index (χ4v) is 4.63. The summed E-state index contributed by atoms with van der Waals surface area (Å²) in [6.07, 6.45) is 4.97. The number of nitrogens with zero attached hydrogens (tertiary/aromatic N) is 4. The van der Waals surface area contributed by atoms with Gasteiger partial charge in [0.05, 0.1) is 35.6 Å². The van der Waals surface area contributed by atoms with Crippen molar-refractivity contribution in [3.8, 4) is 12.1 Å². The fourth-order valence-electron chi connectivity index (χ4n) is 4.63. The SMILES string of the molecule is Cc1ccccc1CC1(C#N)CCN(C(=O)c2cnc[nH]2)CC1Cc1ccc(C#N)cc1. The number of aryl methyl sites for hydroxylation is 1. The number of rotatable bonds is 5. The van der Waals surface area contributed by atoms with Crippen LogP contribution in [0.4, 0.5) is 0 Å². The van der Waals surface area contributed by atoms with E-state index >= 15 is 0 Å². The number of aromatic amines is 1. The monoisotopic (exact) mass is 423 g/mol. The first kappa shape index (κ1) is 21.3. The molecule has 1 N–H and O–H groups in total. The smallest absolute Gasteiger partial charge is 0.271 e. The summed E-state index contributed by atoms with van der Waals surface area (Å²) in [5.74, 6) is -0.129. The maximum Gasteiger partial charge on any atom is 0.271 e. The first-order chi connectivity index (χ1) is 15.5. The molecule has 0 radical (unpaired) electrons. The van der Waals surface area contributed by atoms with Crippen LogP contribution in [-0.4, -0.2) is 33.9 Å². The van der Waals surface area contributed by atoms with E-state index in [0.717, 1.165) is 5.56 Å². The normalized spacial score (nSPS) is 20.3. The van der Waals surface area contributed by atoms with Crippen LogP contribution in [-0.2, 0) is 12.8 Å². The lowest BCUT2D eigenvalue weighted by Crippen LogP contribution is -2.50. The number of hydrogen-bond acceptors (Lipinski definition) is 4. The number of imidazole rings is 1. The van der Waals surface area contributed by atoms with Gasteiger partial charge in [0.1, 0.15) is 5.69 Å². The summed E-state index contributed by atoms with van der Waals surface area (Å²) < 4.78 is 0. The molecule has 1 aliphatic heterocycles. The zero-order chi connectivity index (χ0) is 22.6. The van der Waals surface area contributed by atoms with Crippen LogP contribution in [0.1, 0.15) is 39.2 Å². The molecule has 1 saturated heterocycles. The van der Waals surface area contributed by atoms with Crippen molar-refractivity contribution in [3.63, 3.8) is 0 Å². The Kier molecular flexibility index (Phi) is 6.05. The van der Waals surface area contributed by atoms with Crippen molar-refractivity contribution in [2.24, 2.45) is 11.3 Å². The number of nitriles is 2. The van der Waals surface area contributed by atoms with Gasteiger partial charge in [0, 0.05) is 13.1 Å². The summed E-state index contributed by atoms with van der Waals surface area (Å²) in [7, 11) is 0. The number of hydrogen-bond donors (Lipinski definition) is 1. The van der Waals surface area contributed by atoms with Gasteiger partial charge in [-0.15, -0.1) is 0 Å². The van der Waals surface area contributed by atoms with E-state index in [0.29, 0.717) is 43.6 Å². The highest BCUT2D eigenvalue weighted by Crippen LogP contribution is 2.42. The molecule has 2 aromatic carbocycles. The molecule has 2 atom stereocenters. The van der Waals surface area contributed by atoms with Crippen molar-refractivity contribution in [1.29, 1.82) is 10.5 Å². The second-order valence-corrected chi connectivity index (χ2v) is 8.55. The van der Waals surface area contributed by atoms with Crippen LogP contribution in [0.2, 0.25) is 0 Å². The summed E-state index contributed by atoms with van der Waals surface area (Å²) in [6.45, 7) is 3.10. The molecule has 6 heteroatoms. The van der Waals surface area contributed by atoms with Crippen molar-refractivity contribution in [1.82, 2.24) is 14.9 Å². The van der Waals surface area contributed by atoms with Gasteiger partial charge in [0.15, 0.2) is 0 Å². The zero-order valence-corrected chi connectivity index (χ0v) is 18.1. The van der Waals surface area contributed by atoms with Gasteiger partial charge in [-0.3, -0.25) is 4.79 Å². The minimum atomic E-state index is -0.579. The predicted molar refractivity (Wildman–Crippen MR) is 120 cm³/mol. The molecular formula is C26H25N5O. The molecule has 2 unspecified atom stereocenters. The maximum atomic E-state index is 13.0. The summed E-state index contributed by atoms with van der Waals surface area (Å²) in [4.78, 5) is 21.7.